The normalized spacial score (nSPS) is 15.3. The zero-order valence-corrected chi connectivity index (χ0v) is 19.3. The maximum Gasteiger partial charge on any atom is 0.251 e. The molecule has 0 radical (unpaired) electrons. The third kappa shape index (κ3) is 6.53. The van der Waals surface area contributed by atoms with Gasteiger partial charge in [-0.25, -0.2) is 13.1 Å². The molecule has 0 saturated carbocycles. The first-order valence-corrected chi connectivity index (χ1v) is 12.3. The Kier molecular flexibility index (Phi) is 7.69. The van der Waals surface area contributed by atoms with Gasteiger partial charge in [0.25, 0.3) is 5.91 Å². The van der Waals surface area contributed by atoms with E-state index in [1.165, 1.54) is 7.05 Å². The van der Waals surface area contributed by atoms with Crippen molar-refractivity contribution in [1.29, 1.82) is 0 Å². The largest absolute Gasteiger partial charge is 0.369 e. The van der Waals surface area contributed by atoms with Crippen LogP contribution >= 0.6 is 0 Å². The number of carbonyl (C=O) groups excluding carboxylic acids is 1. The van der Waals surface area contributed by atoms with E-state index in [2.05, 4.69) is 33.7 Å². The summed E-state index contributed by atoms with van der Waals surface area (Å²) < 4.78 is 25.5. The van der Waals surface area contributed by atoms with Crippen molar-refractivity contribution in [3.8, 4) is 0 Å². The van der Waals surface area contributed by atoms with E-state index in [-0.39, 0.29) is 11.7 Å². The van der Waals surface area contributed by atoms with Gasteiger partial charge in [-0.05, 0) is 56.3 Å². The van der Waals surface area contributed by atoms with Gasteiger partial charge in [0.2, 0.25) is 10.0 Å². The van der Waals surface area contributed by atoms with Crippen LogP contribution in [-0.4, -0.2) is 58.5 Å². The first kappa shape index (κ1) is 23.2. The average molecular weight is 445 g/mol. The van der Waals surface area contributed by atoms with Gasteiger partial charge < -0.3 is 10.2 Å². The number of nitrogens with one attached hydrogen (secondary N) is 2. The minimum atomic E-state index is -3.29. The number of anilines is 1. The first-order chi connectivity index (χ1) is 14.8. The highest BCUT2D eigenvalue weighted by atomic mass is 32.2. The molecule has 1 amide bonds. The molecule has 0 spiro atoms. The Morgan fingerprint density at radius 1 is 0.935 bits per heavy atom. The van der Waals surface area contributed by atoms with Crippen LogP contribution in [0.1, 0.15) is 35.3 Å². The lowest BCUT2D eigenvalue weighted by atomic mass is 10.1. The van der Waals surface area contributed by atoms with Crippen molar-refractivity contribution >= 4 is 21.6 Å². The smallest absolute Gasteiger partial charge is 0.251 e. The molecule has 3 rings (SSSR count). The summed E-state index contributed by atoms with van der Waals surface area (Å²) in [7, 11) is -1.89. The van der Waals surface area contributed by atoms with Crippen LogP contribution in [0.5, 0.6) is 0 Å². The van der Waals surface area contributed by atoms with Gasteiger partial charge in [0.05, 0.1) is 5.75 Å². The molecule has 0 bridgehead atoms. The van der Waals surface area contributed by atoms with Crippen molar-refractivity contribution in [2.75, 3.05) is 38.1 Å². The minimum Gasteiger partial charge on any atom is -0.369 e. The molecule has 168 valence electrons. The van der Waals surface area contributed by atoms with E-state index >= 15 is 0 Å². The van der Waals surface area contributed by atoms with E-state index in [1.54, 1.807) is 12.1 Å². The summed E-state index contributed by atoms with van der Waals surface area (Å²) in [6.45, 7) is 8.94. The van der Waals surface area contributed by atoms with Crippen LogP contribution in [0, 0.1) is 0 Å². The molecular weight excluding hydrogens is 412 g/mol. The fourth-order valence-corrected chi connectivity index (χ4v) is 4.43. The fraction of sp³-hybridized carbons (Fsp3) is 0.435. The van der Waals surface area contributed by atoms with Crippen molar-refractivity contribution in [1.82, 2.24) is 14.9 Å². The zero-order chi connectivity index (χ0) is 22.4. The number of hydrogen-bond donors (Lipinski definition) is 2. The highest BCUT2D eigenvalue weighted by molar-refractivity contribution is 7.88. The Balaban J connectivity index is 1.51. The molecular formula is C23H32N4O3S. The van der Waals surface area contributed by atoms with E-state index in [0.717, 1.165) is 37.4 Å². The van der Waals surface area contributed by atoms with Crippen LogP contribution in [0.4, 0.5) is 5.69 Å². The van der Waals surface area contributed by atoms with Crippen molar-refractivity contribution in [3.05, 3.63) is 65.2 Å². The average Bonchev–Trinajstić information content (AvgIpc) is 2.78. The summed E-state index contributed by atoms with van der Waals surface area (Å²) in [5.41, 5.74) is 3.39. The highest BCUT2D eigenvalue weighted by Gasteiger charge is 2.19. The number of benzene rings is 2. The lowest BCUT2D eigenvalue weighted by Crippen LogP contribution is -2.48. The standard InChI is InChI=1S/C23H32N4O3S/c1-18(2)26-12-14-27(15-13-26)22-10-8-21(9-11-22)23(28)25-16-19-4-6-20(7-5-19)17-31(29,30)24-3/h4-11,18,24H,12-17H2,1-3H3,(H,25,28). The SMILES string of the molecule is CNS(=O)(=O)Cc1ccc(CNC(=O)c2ccc(N3CCN(C(C)C)CC3)cc2)cc1. The van der Waals surface area contributed by atoms with E-state index in [1.807, 2.05) is 36.4 Å². The summed E-state index contributed by atoms with van der Waals surface area (Å²) in [5.74, 6) is -0.187. The van der Waals surface area contributed by atoms with Crippen LogP contribution in [0.2, 0.25) is 0 Å². The van der Waals surface area contributed by atoms with E-state index in [9.17, 15) is 13.2 Å². The van der Waals surface area contributed by atoms with Gasteiger partial charge in [0, 0.05) is 50.0 Å². The van der Waals surface area contributed by atoms with Gasteiger partial charge in [0.15, 0.2) is 0 Å². The number of piperazine rings is 1. The van der Waals surface area contributed by atoms with Gasteiger partial charge in [-0.3, -0.25) is 9.69 Å². The van der Waals surface area contributed by atoms with Gasteiger partial charge >= 0.3 is 0 Å². The quantitative estimate of drug-likeness (QED) is 0.652. The first-order valence-electron chi connectivity index (χ1n) is 10.6. The Bertz CT molecular complexity index is 965. The summed E-state index contributed by atoms with van der Waals surface area (Å²) in [5, 5.41) is 2.92. The molecule has 31 heavy (non-hydrogen) atoms. The molecule has 0 aromatic heterocycles. The molecule has 0 unspecified atom stereocenters. The van der Waals surface area contributed by atoms with Crippen molar-refractivity contribution in [2.45, 2.75) is 32.2 Å². The number of rotatable bonds is 8. The highest BCUT2D eigenvalue weighted by Crippen LogP contribution is 2.18. The second-order valence-electron chi connectivity index (χ2n) is 8.13. The summed E-state index contributed by atoms with van der Waals surface area (Å²) in [6, 6.07) is 15.5. The molecule has 7 nitrogen and oxygen atoms in total. The third-order valence-electron chi connectivity index (χ3n) is 5.68. The van der Waals surface area contributed by atoms with Crippen LogP contribution < -0.4 is 14.9 Å². The van der Waals surface area contributed by atoms with E-state index in [4.69, 9.17) is 0 Å². The number of hydrogen-bond acceptors (Lipinski definition) is 5. The molecule has 1 fully saturated rings. The molecule has 2 N–H and O–H groups in total. The molecule has 8 heteroatoms. The number of amides is 1. The zero-order valence-electron chi connectivity index (χ0n) is 18.5. The molecule has 2 aromatic carbocycles. The summed E-state index contributed by atoms with van der Waals surface area (Å²) in [4.78, 5) is 17.3. The number of sulfonamides is 1. The van der Waals surface area contributed by atoms with Gasteiger partial charge in [0.1, 0.15) is 0 Å². The topological polar surface area (TPSA) is 81.8 Å². The fourth-order valence-electron chi connectivity index (χ4n) is 3.65. The van der Waals surface area contributed by atoms with Crippen LogP contribution in [-0.2, 0) is 22.3 Å². The third-order valence-corrected chi connectivity index (χ3v) is 7.02. The molecule has 1 saturated heterocycles. The Hall–Kier alpha value is -2.42. The molecule has 1 heterocycles. The van der Waals surface area contributed by atoms with Crippen molar-refractivity contribution in [2.24, 2.45) is 0 Å². The lowest BCUT2D eigenvalue weighted by molar-refractivity contribution is 0.0951. The number of carbonyl (C=O) groups is 1. The van der Waals surface area contributed by atoms with Crippen LogP contribution in [0.15, 0.2) is 48.5 Å². The molecule has 0 atom stereocenters. The predicted octanol–water partition coefficient (Wildman–Crippen LogP) is 2.20. The summed E-state index contributed by atoms with van der Waals surface area (Å²) in [6.07, 6.45) is 0. The maximum absolute atomic E-state index is 12.5. The van der Waals surface area contributed by atoms with Gasteiger partial charge in [-0.2, -0.15) is 0 Å². The lowest BCUT2D eigenvalue weighted by Gasteiger charge is -2.38. The van der Waals surface area contributed by atoms with Crippen LogP contribution in [0.3, 0.4) is 0 Å². The molecule has 0 aliphatic carbocycles. The maximum atomic E-state index is 12.5. The Labute approximate surface area is 185 Å². The van der Waals surface area contributed by atoms with Crippen molar-refractivity contribution in [3.63, 3.8) is 0 Å². The van der Waals surface area contributed by atoms with Gasteiger partial charge in [-0.1, -0.05) is 24.3 Å². The van der Waals surface area contributed by atoms with E-state index in [0.29, 0.717) is 23.7 Å². The minimum absolute atomic E-state index is 0.0605. The van der Waals surface area contributed by atoms with Crippen LogP contribution in [0.25, 0.3) is 0 Å². The van der Waals surface area contributed by atoms with Crippen molar-refractivity contribution < 1.29 is 13.2 Å². The summed E-state index contributed by atoms with van der Waals surface area (Å²) >= 11 is 0. The molecule has 1 aliphatic rings. The second kappa shape index (κ2) is 10.3. The molecule has 2 aromatic rings. The monoisotopic (exact) mass is 444 g/mol. The Morgan fingerprint density at radius 2 is 1.52 bits per heavy atom. The Morgan fingerprint density at radius 3 is 2.06 bits per heavy atom. The predicted molar refractivity (Wildman–Crippen MR) is 125 cm³/mol. The van der Waals surface area contributed by atoms with Gasteiger partial charge in [-0.15, -0.1) is 0 Å². The second-order valence-corrected chi connectivity index (χ2v) is 10.1. The number of nitrogens with zero attached hydrogens (tertiary/aromatic N) is 2. The molecule has 1 aliphatic heterocycles. The van der Waals surface area contributed by atoms with E-state index < -0.39 is 10.0 Å².